The predicted octanol–water partition coefficient (Wildman–Crippen LogP) is 0.563. The summed E-state index contributed by atoms with van der Waals surface area (Å²) in [6.07, 6.45) is 1.29. The summed E-state index contributed by atoms with van der Waals surface area (Å²) in [5.74, 6) is 0.440. The van der Waals surface area contributed by atoms with E-state index in [4.69, 9.17) is 10.5 Å². The van der Waals surface area contributed by atoms with E-state index in [9.17, 15) is 8.42 Å². The minimum atomic E-state index is -2.84. The highest BCUT2D eigenvalue weighted by atomic mass is 32.2. The van der Waals surface area contributed by atoms with Gasteiger partial charge in [0.05, 0.1) is 11.9 Å². The maximum Gasteiger partial charge on any atom is 0.150 e. The number of rotatable bonds is 7. The fraction of sp³-hybridized carbons (Fsp3) is 1.00. The van der Waals surface area contributed by atoms with Crippen molar-refractivity contribution in [1.29, 1.82) is 0 Å². The lowest BCUT2D eigenvalue weighted by Crippen LogP contribution is -2.34. The highest BCUT2D eigenvalue weighted by Crippen LogP contribution is 2.04. The topological polar surface area (TPSA) is 69.4 Å². The van der Waals surface area contributed by atoms with Crippen LogP contribution in [0.3, 0.4) is 0 Å². The molecule has 2 unspecified atom stereocenters. The molecule has 0 aromatic carbocycles. The van der Waals surface area contributed by atoms with Gasteiger partial charge in [-0.3, -0.25) is 0 Å². The molecule has 0 rings (SSSR count). The molecule has 0 bridgehead atoms. The fourth-order valence-electron chi connectivity index (χ4n) is 1.09. The van der Waals surface area contributed by atoms with E-state index in [1.54, 1.807) is 14.0 Å². The molecule has 14 heavy (non-hydrogen) atoms. The van der Waals surface area contributed by atoms with E-state index in [-0.39, 0.29) is 23.7 Å². The molecule has 0 fully saturated rings. The van der Waals surface area contributed by atoms with Gasteiger partial charge in [0.1, 0.15) is 9.84 Å². The third kappa shape index (κ3) is 5.57. The number of sulfone groups is 1. The lowest BCUT2D eigenvalue weighted by atomic mass is 10.1. The molecule has 86 valence electrons. The first-order chi connectivity index (χ1) is 6.43. The van der Waals surface area contributed by atoms with Crippen LogP contribution >= 0.6 is 0 Å². The van der Waals surface area contributed by atoms with Gasteiger partial charge in [0.2, 0.25) is 0 Å². The summed E-state index contributed by atoms with van der Waals surface area (Å²) in [6.45, 7) is 3.55. The Morgan fingerprint density at radius 2 is 2.00 bits per heavy atom. The third-order valence-electron chi connectivity index (χ3n) is 2.41. The van der Waals surface area contributed by atoms with Gasteiger partial charge in [0, 0.05) is 18.9 Å². The standard InChI is InChI=1S/C9H21NO3S/c1-4-14(11,12)7-5-6-9(10)8(2)13-3/h8-9H,4-7,10H2,1-3H3. The molecule has 0 amide bonds. The molecular weight excluding hydrogens is 202 g/mol. The van der Waals surface area contributed by atoms with Gasteiger partial charge in [0.25, 0.3) is 0 Å². The Kier molecular flexibility index (Phi) is 6.31. The van der Waals surface area contributed by atoms with Crippen molar-refractivity contribution in [2.24, 2.45) is 5.73 Å². The Balaban J connectivity index is 3.75. The van der Waals surface area contributed by atoms with Gasteiger partial charge >= 0.3 is 0 Å². The first-order valence-corrected chi connectivity index (χ1v) is 6.74. The summed E-state index contributed by atoms with van der Waals surface area (Å²) in [6, 6.07) is -0.0768. The van der Waals surface area contributed by atoms with E-state index in [1.165, 1.54) is 0 Å². The van der Waals surface area contributed by atoms with Crippen LogP contribution in [0.15, 0.2) is 0 Å². The molecule has 0 aliphatic heterocycles. The lowest BCUT2D eigenvalue weighted by Gasteiger charge is -2.17. The molecule has 4 nitrogen and oxygen atoms in total. The number of methoxy groups -OCH3 is 1. The summed E-state index contributed by atoms with van der Waals surface area (Å²) in [4.78, 5) is 0. The molecule has 0 saturated carbocycles. The van der Waals surface area contributed by atoms with Crippen molar-refractivity contribution in [1.82, 2.24) is 0 Å². The zero-order chi connectivity index (χ0) is 11.2. The average Bonchev–Trinajstić information content (AvgIpc) is 2.16. The number of ether oxygens (including phenoxy) is 1. The van der Waals surface area contributed by atoms with Gasteiger partial charge in [-0.1, -0.05) is 6.92 Å². The van der Waals surface area contributed by atoms with E-state index in [1.807, 2.05) is 6.92 Å². The molecule has 2 N–H and O–H groups in total. The fourth-order valence-corrected chi connectivity index (χ4v) is 1.99. The monoisotopic (exact) mass is 223 g/mol. The highest BCUT2D eigenvalue weighted by molar-refractivity contribution is 7.91. The molecule has 2 atom stereocenters. The van der Waals surface area contributed by atoms with Crippen LogP contribution in [0.5, 0.6) is 0 Å². The molecular formula is C9H21NO3S. The zero-order valence-electron chi connectivity index (χ0n) is 9.19. The molecule has 0 aromatic heterocycles. The smallest absolute Gasteiger partial charge is 0.150 e. The molecule has 0 heterocycles. The molecule has 0 aliphatic rings. The Labute approximate surface area is 86.7 Å². The van der Waals surface area contributed by atoms with E-state index in [0.717, 1.165) is 0 Å². The Bertz CT molecular complexity index is 238. The van der Waals surface area contributed by atoms with Gasteiger partial charge in [-0.2, -0.15) is 0 Å². The minimum absolute atomic E-state index is 0.0145. The van der Waals surface area contributed by atoms with Crippen molar-refractivity contribution < 1.29 is 13.2 Å². The second-order valence-electron chi connectivity index (χ2n) is 3.48. The van der Waals surface area contributed by atoms with Gasteiger partial charge in [-0.05, 0) is 19.8 Å². The predicted molar refractivity (Wildman–Crippen MR) is 58.0 cm³/mol. The minimum Gasteiger partial charge on any atom is -0.380 e. The third-order valence-corrected chi connectivity index (χ3v) is 4.20. The van der Waals surface area contributed by atoms with Crippen LogP contribution in [0, 0.1) is 0 Å². The van der Waals surface area contributed by atoms with Crippen LogP contribution in [0.1, 0.15) is 26.7 Å². The Hall–Kier alpha value is -0.130. The zero-order valence-corrected chi connectivity index (χ0v) is 10.0. The van der Waals surface area contributed by atoms with Gasteiger partial charge in [0.15, 0.2) is 0 Å². The van der Waals surface area contributed by atoms with Crippen LogP contribution < -0.4 is 5.73 Å². The molecule has 0 spiro atoms. The summed E-state index contributed by atoms with van der Waals surface area (Å²) >= 11 is 0. The van der Waals surface area contributed by atoms with E-state index in [0.29, 0.717) is 12.8 Å². The van der Waals surface area contributed by atoms with Gasteiger partial charge in [-0.25, -0.2) is 8.42 Å². The normalized spacial score (nSPS) is 16.6. The molecule has 0 radical (unpaired) electrons. The summed E-state index contributed by atoms with van der Waals surface area (Å²) in [7, 11) is -1.24. The average molecular weight is 223 g/mol. The van der Waals surface area contributed by atoms with E-state index >= 15 is 0 Å². The van der Waals surface area contributed by atoms with Gasteiger partial charge in [-0.15, -0.1) is 0 Å². The van der Waals surface area contributed by atoms with Gasteiger partial charge < -0.3 is 10.5 Å². The van der Waals surface area contributed by atoms with Crippen molar-refractivity contribution in [3.8, 4) is 0 Å². The van der Waals surface area contributed by atoms with Crippen molar-refractivity contribution in [3.63, 3.8) is 0 Å². The largest absolute Gasteiger partial charge is 0.380 e. The maximum atomic E-state index is 11.1. The van der Waals surface area contributed by atoms with Crippen molar-refractivity contribution in [3.05, 3.63) is 0 Å². The van der Waals surface area contributed by atoms with E-state index < -0.39 is 9.84 Å². The summed E-state index contributed by atoms with van der Waals surface area (Å²) in [5.41, 5.74) is 5.78. The molecule has 0 aliphatic carbocycles. The number of hydrogen-bond acceptors (Lipinski definition) is 4. The molecule has 0 saturated heterocycles. The van der Waals surface area contributed by atoms with Crippen LogP contribution in [-0.2, 0) is 14.6 Å². The summed E-state index contributed by atoms with van der Waals surface area (Å²) in [5, 5.41) is 0. The highest BCUT2D eigenvalue weighted by Gasteiger charge is 2.13. The van der Waals surface area contributed by atoms with Crippen LogP contribution in [0.2, 0.25) is 0 Å². The second kappa shape index (κ2) is 6.37. The summed E-state index contributed by atoms with van der Waals surface area (Å²) < 4.78 is 27.3. The Morgan fingerprint density at radius 1 is 1.43 bits per heavy atom. The lowest BCUT2D eigenvalue weighted by molar-refractivity contribution is 0.0927. The molecule has 0 aromatic rings. The van der Waals surface area contributed by atoms with Crippen LogP contribution in [-0.4, -0.2) is 39.2 Å². The number of nitrogens with two attached hydrogens (primary N) is 1. The van der Waals surface area contributed by atoms with Crippen molar-refractivity contribution in [2.45, 2.75) is 38.8 Å². The Morgan fingerprint density at radius 3 is 2.43 bits per heavy atom. The van der Waals surface area contributed by atoms with E-state index in [2.05, 4.69) is 0 Å². The first kappa shape index (κ1) is 13.9. The van der Waals surface area contributed by atoms with Crippen molar-refractivity contribution >= 4 is 9.84 Å². The quantitative estimate of drug-likeness (QED) is 0.685. The number of hydrogen-bond donors (Lipinski definition) is 1. The van der Waals surface area contributed by atoms with Crippen LogP contribution in [0.25, 0.3) is 0 Å². The molecule has 5 heteroatoms. The van der Waals surface area contributed by atoms with Crippen molar-refractivity contribution in [2.75, 3.05) is 18.6 Å². The SMILES string of the molecule is CCS(=O)(=O)CCCC(N)C(C)OC. The second-order valence-corrected chi connectivity index (χ2v) is 5.96. The first-order valence-electron chi connectivity index (χ1n) is 4.91. The maximum absolute atomic E-state index is 11.1. The van der Waals surface area contributed by atoms with Crippen LogP contribution in [0.4, 0.5) is 0 Å².